The summed E-state index contributed by atoms with van der Waals surface area (Å²) in [5.41, 5.74) is 1.79. The Morgan fingerprint density at radius 2 is 2.33 bits per heavy atom. The molecule has 9 heteroatoms. The highest BCUT2D eigenvalue weighted by molar-refractivity contribution is 7.12. The first-order valence-corrected chi connectivity index (χ1v) is 9.49. The molecule has 0 saturated carbocycles. The number of hydrogen-bond donors (Lipinski definition) is 1. The molecule has 0 unspecified atom stereocenters. The zero-order valence-electron chi connectivity index (χ0n) is 13.8. The molecule has 4 heterocycles. The molecular formula is C18H12ClFN4O2S. The first-order chi connectivity index (χ1) is 13.1. The second-order valence-corrected chi connectivity index (χ2v) is 7.45. The van der Waals surface area contributed by atoms with Gasteiger partial charge >= 0.3 is 0 Å². The fraction of sp³-hybridized carbons (Fsp3) is 0.167. The van der Waals surface area contributed by atoms with Crippen molar-refractivity contribution in [3.8, 4) is 0 Å². The molecule has 1 N–H and O–H groups in total. The van der Waals surface area contributed by atoms with Gasteiger partial charge in [0.2, 0.25) is 0 Å². The van der Waals surface area contributed by atoms with Crippen molar-refractivity contribution in [2.24, 2.45) is 0 Å². The summed E-state index contributed by atoms with van der Waals surface area (Å²) in [6.07, 6.45) is 2.22. The number of hydrogen-bond acceptors (Lipinski definition) is 5. The third kappa shape index (κ3) is 2.64. The summed E-state index contributed by atoms with van der Waals surface area (Å²) < 4.78 is 19.9. The van der Waals surface area contributed by atoms with Crippen molar-refractivity contribution in [3.05, 3.63) is 69.1 Å². The van der Waals surface area contributed by atoms with Crippen molar-refractivity contribution in [2.75, 3.05) is 6.54 Å². The second-order valence-electron chi connectivity index (χ2n) is 6.20. The van der Waals surface area contributed by atoms with Gasteiger partial charge in [-0.2, -0.15) is 0 Å². The standard InChI is InChI=1S/C18H12ClFN4O2S/c19-13-7-27-17(23-13)18(25)24-5-4-11-14(22-8-21-11)15(24)12-6-9-2-1-3-10(20)16(9)26-12/h1-3,6-8,15H,4-5H2,(H,21,22)/t15-/m1/s1. The lowest BCUT2D eigenvalue weighted by molar-refractivity contribution is 0.0672. The number of thiazole rings is 1. The van der Waals surface area contributed by atoms with Gasteiger partial charge in [0.1, 0.15) is 17.0 Å². The zero-order chi connectivity index (χ0) is 18.5. The molecule has 0 bridgehead atoms. The van der Waals surface area contributed by atoms with E-state index >= 15 is 0 Å². The Morgan fingerprint density at radius 1 is 1.44 bits per heavy atom. The molecule has 5 rings (SSSR count). The van der Waals surface area contributed by atoms with E-state index < -0.39 is 11.9 Å². The van der Waals surface area contributed by atoms with Crippen LogP contribution in [0.4, 0.5) is 4.39 Å². The van der Waals surface area contributed by atoms with Gasteiger partial charge in [0.15, 0.2) is 16.4 Å². The van der Waals surface area contributed by atoms with Crippen molar-refractivity contribution in [1.29, 1.82) is 0 Å². The molecule has 1 aliphatic heterocycles. The SMILES string of the molecule is O=C(c1nc(Cl)cs1)N1CCc2[nH]cnc2[C@H]1c1cc2cccc(F)c2o1. The number of aromatic nitrogens is 3. The van der Waals surface area contributed by atoms with Crippen LogP contribution in [0.3, 0.4) is 0 Å². The number of imidazole rings is 1. The maximum absolute atomic E-state index is 14.1. The van der Waals surface area contributed by atoms with Crippen LogP contribution >= 0.6 is 22.9 Å². The van der Waals surface area contributed by atoms with Gasteiger partial charge in [0.25, 0.3) is 5.91 Å². The van der Waals surface area contributed by atoms with Gasteiger partial charge in [-0.3, -0.25) is 4.79 Å². The minimum absolute atomic E-state index is 0.167. The molecular weight excluding hydrogens is 391 g/mol. The van der Waals surface area contributed by atoms with Gasteiger partial charge in [-0.15, -0.1) is 11.3 Å². The number of amides is 1. The van der Waals surface area contributed by atoms with Crippen LogP contribution in [0.25, 0.3) is 11.0 Å². The Kier molecular flexibility index (Phi) is 3.76. The van der Waals surface area contributed by atoms with Crippen molar-refractivity contribution in [1.82, 2.24) is 19.9 Å². The molecule has 1 aliphatic rings. The largest absolute Gasteiger partial charge is 0.455 e. The number of nitrogens with zero attached hydrogens (tertiary/aromatic N) is 3. The quantitative estimate of drug-likeness (QED) is 0.545. The molecule has 0 spiro atoms. The van der Waals surface area contributed by atoms with E-state index in [2.05, 4.69) is 15.0 Å². The average Bonchev–Trinajstić information content (AvgIpc) is 3.39. The molecule has 1 atom stereocenters. The topological polar surface area (TPSA) is 75.0 Å². The molecule has 0 fully saturated rings. The first-order valence-electron chi connectivity index (χ1n) is 8.24. The van der Waals surface area contributed by atoms with Gasteiger partial charge in [0, 0.05) is 29.4 Å². The summed E-state index contributed by atoms with van der Waals surface area (Å²) in [6.45, 7) is 0.454. The van der Waals surface area contributed by atoms with Gasteiger partial charge < -0.3 is 14.3 Å². The molecule has 27 heavy (non-hydrogen) atoms. The van der Waals surface area contributed by atoms with E-state index in [0.717, 1.165) is 5.69 Å². The predicted molar refractivity (Wildman–Crippen MR) is 98.5 cm³/mol. The minimum Gasteiger partial charge on any atom is -0.455 e. The lowest BCUT2D eigenvalue weighted by atomic mass is 10.00. The van der Waals surface area contributed by atoms with Crippen molar-refractivity contribution in [2.45, 2.75) is 12.5 Å². The highest BCUT2D eigenvalue weighted by atomic mass is 35.5. The molecule has 0 aliphatic carbocycles. The molecule has 0 radical (unpaired) electrons. The van der Waals surface area contributed by atoms with Crippen LogP contribution in [0.1, 0.15) is 33.0 Å². The lowest BCUT2D eigenvalue weighted by Crippen LogP contribution is -2.40. The maximum atomic E-state index is 14.1. The number of furan rings is 1. The second kappa shape index (κ2) is 6.17. The zero-order valence-corrected chi connectivity index (χ0v) is 15.4. The predicted octanol–water partition coefficient (Wildman–Crippen LogP) is 4.19. The summed E-state index contributed by atoms with van der Waals surface area (Å²) >= 11 is 7.07. The fourth-order valence-electron chi connectivity index (χ4n) is 3.44. The van der Waals surface area contributed by atoms with Crippen molar-refractivity contribution < 1.29 is 13.6 Å². The highest BCUT2D eigenvalue weighted by Gasteiger charge is 2.37. The van der Waals surface area contributed by atoms with E-state index in [1.807, 2.05) is 0 Å². The number of fused-ring (bicyclic) bond motifs is 2. The van der Waals surface area contributed by atoms with Crippen LogP contribution in [-0.2, 0) is 6.42 Å². The third-order valence-corrected chi connectivity index (χ3v) is 5.78. The molecule has 6 nitrogen and oxygen atoms in total. The number of nitrogens with one attached hydrogen (secondary N) is 1. The molecule has 4 aromatic rings. The molecule has 1 amide bonds. The Hall–Kier alpha value is -2.71. The van der Waals surface area contributed by atoms with E-state index in [0.29, 0.717) is 34.8 Å². The van der Waals surface area contributed by atoms with E-state index in [1.54, 1.807) is 34.8 Å². The number of carbonyl (C=O) groups is 1. The third-order valence-electron chi connectivity index (χ3n) is 4.63. The first kappa shape index (κ1) is 16.5. The number of aromatic amines is 1. The lowest BCUT2D eigenvalue weighted by Gasteiger charge is -2.33. The average molecular weight is 403 g/mol. The Labute approximate surface area is 161 Å². The summed E-state index contributed by atoms with van der Waals surface area (Å²) in [5, 5.41) is 2.83. The van der Waals surface area contributed by atoms with Crippen LogP contribution in [0.15, 0.2) is 40.4 Å². The van der Waals surface area contributed by atoms with E-state index in [1.165, 1.54) is 17.4 Å². The molecule has 136 valence electrons. The van der Waals surface area contributed by atoms with Gasteiger partial charge in [-0.25, -0.2) is 14.4 Å². The Morgan fingerprint density at radius 3 is 3.11 bits per heavy atom. The number of para-hydroxylation sites is 1. The monoisotopic (exact) mass is 402 g/mol. The minimum atomic E-state index is -0.568. The summed E-state index contributed by atoms with van der Waals surface area (Å²) in [5.74, 6) is -0.243. The number of rotatable bonds is 2. The van der Waals surface area contributed by atoms with Crippen molar-refractivity contribution >= 4 is 39.8 Å². The molecule has 1 aromatic carbocycles. The van der Waals surface area contributed by atoms with Gasteiger partial charge in [-0.05, 0) is 12.1 Å². The van der Waals surface area contributed by atoms with Crippen LogP contribution in [-0.4, -0.2) is 32.3 Å². The molecule has 0 saturated heterocycles. The summed E-state index contributed by atoms with van der Waals surface area (Å²) in [7, 11) is 0. The smallest absolute Gasteiger partial charge is 0.283 e. The van der Waals surface area contributed by atoms with Gasteiger partial charge in [0.05, 0.1) is 12.0 Å². The van der Waals surface area contributed by atoms with Crippen LogP contribution < -0.4 is 0 Å². The number of benzene rings is 1. The van der Waals surface area contributed by atoms with Crippen LogP contribution in [0.2, 0.25) is 5.15 Å². The number of carbonyl (C=O) groups excluding carboxylic acids is 1. The van der Waals surface area contributed by atoms with Gasteiger partial charge in [-0.1, -0.05) is 23.7 Å². The number of H-pyrrole nitrogens is 1. The summed E-state index contributed by atoms with van der Waals surface area (Å²) in [6, 6.07) is 5.92. The van der Waals surface area contributed by atoms with Crippen LogP contribution in [0, 0.1) is 5.82 Å². The fourth-order valence-corrected chi connectivity index (χ4v) is 4.34. The highest BCUT2D eigenvalue weighted by Crippen LogP contribution is 2.37. The summed E-state index contributed by atoms with van der Waals surface area (Å²) in [4.78, 5) is 26.3. The van der Waals surface area contributed by atoms with E-state index in [4.69, 9.17) is 16.0 Å². The number of halogens is 2. The maximum Gasteiger partial charge on any atom is 0.283 e. The van der Waals surface area contributed by atoms with E-state index in [9.17, 15) is 9.18 Å². The Balaban J connectivity index is 1.64. The Bertz CT molecular complexity index is 1170. The van der Waals surface area contributed by atoms with E-state index in [-0.39, 0.29) is 16.6 Å². The normalized spacial score (nSPS) is 16.7. The van der Waals surface area contributed by atoms with Crippen LogP contribution in [0.5, 0.6) is 0 Å². The van der Waals surface area contributed by atoms with Crippen molar-refractivity contribution in [3.63, 3.8) is 0 Å². The molecule has 3 aromatic heterocycles.